The van der Waals surface area contributed by atoms with Gasteiger partial charge in [-0.15, -0.1) is 0 Å². The van der Waals surface area contributed by atoms with E-state index in [4.69, 9.17) is 16.2 Å². The molecule has 3 atom stereocenters. The lowest BCUT2D eigenvalue weighted by Gasteiger charge is -2.34. The molecular formula is C30H38N4O4. The smallest absolute Gasteiger partial charge is 0.249 e. The third-order valence-corrected chi connectivity index (χ3v) is 6.89. The van der Waals surface area contributed by atoms with Gasteiger partial charge in [0.15, 0.2) is 0 Å². The maximum atomic E-state index is 13.9. The third kappa shape index (κ3) is 7.63. The van der Waals surface area contributed by atoms with Crippen molar-refractivity contribution >= 4 is 28.5 Å². The van der Waals surface area contributed by atoms with Crippen molar-refractivity contribution in [2.24, 2.45) is 11.5 Å². The minimum absolute atomic E-state index is 0.163. The van der Waals surface area contributed by atoms with E-state index in [0.717, 1.165) is 28.3 Å². The molecule has 0 aliphatic heterocycles. The Morgan fingerprint density at radius 2 is 1.45 bits per heavy atom. The molecule has 0 aliphatic carbocycles. The number of carbonyl (C=O) groups excluding carboxylic acids is 3. The van der Waals surface area contributed by atoms with E-state index in [-0.39, 0.29) is 43.9 Å². The number of primary amides is 1. The number of likely N-dealkylation sites (N-methyl/N-ethyl adjacent to an activating group) is 2. The van der Waals surface area contributed by atoms with Crippen molar-refractivity contribution in [2.45, 2.75) is 44.3 Å². The normalized spacial score (nSPS) is 13.5. The lowest BCUT2D eigenvalue weighted by Crippen LogP contribution is -2.55. The van der Waals surface area contributed by atoms with E-state index in [9.17, 15) is 14.4 Å². The molecule has 3 aromatic carbocycles. The first-order chi connectivity index (χ1) is 18.2. The van der Waals surface area contributed by atoms with Gasteiger partial charge in [0.25, 0.3) is 0 Å². The van der Waals surface area contributed by atoms with Crippen LogP contribution in [-0.4, -0.2) is 73.0 Å². The van der Waals surface area contributed by atoms with Gasteiger partial charge in [0.1, 0.15) is 18.7 Å². The number of amides is 3. The molecule has 0 bridgehead atoms. The van der Waals surface area contributed by atoms with Gasteiger partial charge in [-0.25, -0.2) is 0 Å². The molecule has 0 heterocycles. The van der Waals surface area contributed by atoms with Crippen LogP contribution in [0, 0.1) is 0 Å². The van der Waals surface area contributed by atoms with E-state index in [1.54, 1.807) is 14.1 Å². The highest BCUT2D eigenvalue weighted by molar-refractivity contribution is 5.92. The maximum absolute atomic E-state index is 13.9. The number of nitrogens with zero attached hydrogens (tertiary/aromatic N) is 2. The van der Waals surface area contributed by atoms with E-state index in [0.29, 0.717) is 0 Å². The highest BCUT2D eigenvalue weighted by Gasteiger charge is 2.34. The second kappa shape index (κ2) is 13.7. The third-order valence-electron chi connectivity index (χ3n) is 6.89. The first-order valence-electron chi connectivity index (χ1n) is 12.9. The highest BCUT2D eigenvalue weighted by atomic mass is 16.5. The van der Waals surface area contributed by atoms with E-state index in [1.165, 1.54) is 9.80 Å². The van der Waals surface area contributed by atoms with E-state index >= 15 is 0 Å². The van der Waals surface area contributed by atoms with Gasteiger partial charge >= 0.3 is 0 Å². The molecule has 0 spiro atoms. The topological polar surface area (TPSA) is 119 Å². The summed E-state index contributed by atoms with van der Waals surface area (Å²) in [5, 5.41) is 2.12. The van der Waals surface area contributed by atoms with Crippen LogP contribution in [0.15, 0.2) is 72.8 Å². The molecule has 0 saturated carbocycles. The summed E-state index contributed by atoms with van der Waals surface area (Å²) < 4.78 is 5.52. The van der Waals surface area contributed by atoms with Gasteiger partial charge in [-0.05, 0) is 28.3 Å². The zero-order valence-electron chi connectivity index (χ0n) is 22.4. The van der Waals surface area contributed by atoms with E-state index in [1.807, 2.05) is 79.7 Å². The standard InChI is InChI=1S/C30H38N4O4/c1-4-25(31)19-38-20-28(35)33(2)27(18-22-14-15-23-12-8-9-13-24(23)16-22)30(37)34(3)26(29(32)36)17-21-10-6-5-7-11-21/h5-16,25-27H,4,17-20,31H2,1-3H3,(H2,32,36)/t25?,26-,27-/m1/s1. The van der Waals surface area contributed by atoms with Crippen molar-refractivity contribution in [3.63, 3.8) is 0 Å². The number of hydrogen-bond acceptors (Lipinski definition) is 5. The monoisotopic (exact) mass is 518 g/mol. The molecule has 38 heavy (non-hydrogen) atoms. The molecule has 4 N–H and O–H groups in total. The average molecular weight is 519 g/mol. The lowest BCUT2D eigenvalue weighted by molar-refractivity contribution is -0.148. The largest absolute Gasteiger partial charge is 0.370 e. The van der Waals surface area contributed by atoms with Crippen LogP contribution < -0.4 is 11.5 Å². The molecule has 8 nitrogen and oxygen atoms in total. The quantitative estimate of drug-likeness (QED) is 0.360. The number of ether oxygens (including phenoxy) is 1. The predicted octanol–water partition coefficient (Wildman–Crippen LogP) is 2.52. The predicted molar refractivity (Wildman–Crippen MR) is 149 cm³/mol. The van der Waals surface area contributed by atoms with Gasteiger partial charge in [-0.1, -0.05) is 79.7 Å². The number of hydrogen-bond donors (Lipinski definition) is 2. The van der Waals surface area contributed by atoms with Gasteiger partial charge < -0.3 is 26.0 Å². The summed E-state index contributed by atoms with van der Waals surface area (Å²) in [6.45, 7) is 2.00. The van der Waals surface area contributed by atoms with Crippen LogP contribution in [0.1, 0.15) is 24.5 Å². The maximum Gasteiger partial charge on any atom is 0.249 e. The van der Waals surface area contributed by atoms with Crippen LogP contribution in [0.2, 0.25) is 0 Å². The van der Waals surface area contributed by atoms with Crippen molar-refractivity contribution < 1.29 is 19.1 Å². The van der Waals surface area contributed by atoms with Crippen LogP contribution in [0.3, 0.4) is 0 Å². The summed E-state index contributed by atoms with van der Waals surface area (Å²) >= 11 is 0. The summed E-state index contributed by atoms with van der Waals surface area (Å²) in [5.41, 5.74) is 13.4. The fourth-order valence-corrected chi connectivity index (χ4v) is 4.32. The molecule has 0 aliphatic rings. The Balaban J connectivity index is 1.86. The Bertz CT molecular complexity index is 1230. The molecular weight excluding hydrogens is 480 g/mol. The summed E-state index contributed by atoms with van der Waals surface area (Å²) in [6, 6.07) is 21.4. The van der Waals surface area contributed by atoms with Gasteiger partial charge in [0.05, 0.1) is 6.61 Å². The Kier molecular flexibility index (Phi) is 10.4. The first-order valence-corrected chi connectivity index (χ1v) is 12.9. The molecule has 0 aromatic heterocycles. The Morgan fingerprint density at radius 1 is 0.816 bits per heavy atom. The average Bonchev–Trinajstić information content (AvgIpc) is 2.93. The summed E-state index contributed by atoms with van der Waals surface area (Å²) in [5.74, 6) is -1.33. The molecule has 0 radical (unpaired) electrons. The summed E-state index contributed by atoms with van der Waals surface area (Å²) in [4.78, 5) is 42.1. The van der Waals surface area contributed by atoms with Crippen LogP contribution in [0.25, 0.3) is 10.8 Å². The number of nitrogens with two attached hydrogens (primary N) is 2. The van der Waals surface area contributed by atoms with Gasteiger partial charge in [-0.2, -0.15) is 0 Å². The van der Waals surface area contributed by atoms with Crippen molar-refractivity contribution in [1.82, 2.24) is 9.80 Å². The molecule has 1 unspecified atom stereocenters. The molecule has 3 amide bonds. The number of carbonyl (C=O) groups is 3. The van der Waals surface area contributed by atoms with E-state index < -0.39 is 18.0 Å². The van der Waals surface area contributed by atoms with Crippen molar-refractivity contribution in [3.8, 4) is 0 Å². The zero-order valence-corrected chi connectivity index (χ0v) is 22.4. The second-order valence-corrected chi connectivity index (χ2v) is 9.65. The van der Waals surface area contributed by atoms with Crippen LogP contribution in [0.4, 0.5) is 0 Å². The highest BCUT2D eigenvalue weighted by Crippen LogP contribution is 2.20. The lowest BCUT2D eigenvalue weighted by atomic mass is 9.98. The number of fused-ring (bicyclic) bond motifs is 1. The van der Waals surface area contributed by atoms with Crippen molar-refractivity contribution in [2.75, 3.05) is 27.3 Å². The molecule has 0 fully saturated rings. The van der Waals surface area contributed by atoms with Gasteiger partial charge in [0, 0.05) is 33.0 Å². The summed E-state index contributed by atoms with van der Waals surface area (Å²) in [7, 11) is 3.14. The Morgan fingerprint density at radius 3 is 2.11 bits per heavy atom. The molecule has 8 heteroatoms. The van der Waals surface area contributed by atoms with Crippen LogP contribution in [0.5, 0.6) is 0 Å². The molecule has 3 rings (SSSR count). The van der Waals surface area contributed by atoms with Crippen molar-refractivity contribution in [1.29, 1.82) is 0 Å². The Labute approximate surface area is 224 Å². The second-order valence-electron chi connectivity index (χ2n) is 9.65. The van der Waals surface area contributed by atoms with Crippen molar-refractivity contribution in [3.05, 3.63) is 83.9 Å². The van der Waals surface area contributed by atoms with Gasteiger partial charge in [-0.3, -0.25) is 14.4 Å². The van der Waals surface area contributed by atoms with Crippen LogP contribution in [-0.2, 0) is 32.0 Å². The summed E-state index contributed by atoms with van der Waals surface area (Å²) in [6.07, 6.45) is 1.27. The molecule has 0 saturated heterocycles. The van der Waals surface area contributed by atoms with E-state index in [2.05, 4.69) is 0 Å². The van der Waals surface area contributed by atoms with Gasteiger partial charge in [0.2, 0.25) is 17.7 Å². The Hall–Kier alpha value is -3.75. The first kappa shape index (κ1) is 28.8. The minimum Gasteiger partial charge on any atom is -0.370 e. The molecule has 3 aromatic rings. The van der Waals surface area contributed by atoms with Crippen LogP contribution >= 0.6 is 0 Å². The zero-order chi connectivity index (χ0) is 27.7. The number of rotatable bonds is 13. The molecule has 202 valence electrons. The number of benzene rings is 3. The SMILES string of the molecule is CCC(N)COCC(=O)N(C)[C@H](Cc1ccc2ccccc2c1)C(=O)N(C)[C@H](Cc1ccccc1)C(N)=O. The fourth-order valence-electron chi connectivity index (χ4n) is 4.32. The minimum atomic E-state index is -0.869. The fraction of sp³-hybridized carbons (Fsp3) is 0.367.